The van der Waals surface area contributed by atoms with Crippen LogP contribution in [-0.2, 0) is 20.9 Å². The summed E-state index contributed by atoms with van der Waals surface area (Å²) in [5.74, 6) is 6.60. The topological polar surface area (TPSA) is 86.7 Å². The largest absolute Gasteiger partial charge is 0.490 e. The van der Waals surface area contributed by atoms with Crippen LogP contribution in [0.25, 0.3) is 0 Å². The number of carboxylic acids is 1. The third kappa shape index (κ3) is 9.56. The van der Waals surface area contributed by atoms with Gasteiger partial charge in [-0.3, -0.25) is 9.59 Å². The number of para-hydroxylation sites is 1. The van der Waals surface area contributed by atoms with E-state index in [1.54, 1.807) is 27.0 Å². The van der Waals surface area contributed by atoms with E-state index in [4.69, 9.17) is 9.90 Å². The second-order valence-corrected chi connectivity index (χ2v) is 4.83. The quantitative estimate of drug-likeness (QED) is 0.786. The number of hydrogen-bond acceptors (Lipinski definition) is 3. The number of nitrogens with one attached hydrogen (secondary N) is 1. The molecule has 2 amide bonds. The molecule has 0 spiro atoms. The second-order valence-electron chi connectivity index (χ2n) is 4.83. The number of halogens is 3. The summed E-state index contributed by atoms with van der Waals surface area (Å²) in [4.78, 5) is 33.5. The number of alkyl halides is 3. The molecule has 0 saturated carbocycles. The number of aliphatic carboxylic acids is 1. The molecule has 0 fully saturated rings. The van der Waals surface area contributed by atoms with Gasteiger partial charge in [0.2, 0.25) is 0 Å². The van der Waals surface area contributed by atoms with E-state index in [-0.39, 0.29) is 11.8 Å². The van der Waals surface area contributed by atoms with Crippen LogP contribution in [0.2, 0.25) is 0 Å². The van der Waals surface area contributed by atoms with Crippen molar-refractivity contribution in [1.82, 2.24) is 4.90 Å². The fourth-order valence-corrected chi connectivity index (χ4v) is 1.58. The molecule has 0 unspecified atom stereocenters. The van der Waals surface area contributed by atoms with E-state index in [9.17, 15) is 22.8 Å². The molecule has 0 aliphatic heterocycles. The van der Waals surface area contributed by atoms with Crippen molar-refractivity contribution in [2.24, 2.45) is 0 Å². The molecule has 2 N–H and O–H groups in total. The minimum Gasteiger partial charge on any atom is -0.475 e. The summed E-state index contributed by atoms with van der Waals surface area (Å²) in [7, 11) is 1.66. The third-order valence-electron chi connectivity index (χ3n) is 2.73. The maximum Gasteiger partial charge on any atom is 0.490 e. The number of nitrogens with zero attached hydrogens (tertiary/aromatic N) is 1. The Hall–Kier alpha value is -3.46. The predicted octanol–water partition coefficient (Wildman–Crippen LogP) is 2.26. The van der Waals surface area contributed by atoms with E-state index in [1.807, 2.05) is 18.2 Å². The normalized spacial score (nSPS) is 9.26. The minimum atomic E-state index is -5.08. The first-order valence-corrected chi connectivity index (χ1v) is 7.32. The SMILES string of the molecule is CC#CC(=O)Nc1ccccc1CN(C)C(=O)C#CC.O=C(O)C(F)(F)F. The Kier molecular flexibility index (Phi) is 9.78. The number of carboxylic acid groups (broad SMARTS) is 1. The van der Waals surface area contributed by atoms with Crippen LogP contribution in [0.4, 0.5) is 18.9 Å². The van der Waals surface area contributed by atoms with Crippen LogP contribution in [-0.4, -0.2) is 41.0 Å². The molecule has 1 rings (SSSR count). The van der Waals surface area contributed by atoms with Crippen molar-refractivity contribution in [2.45, 2.75) is 26.6 Å². The van der Waals surface area contributed by atoms with E-state index >= 15 is 0 Å². The summed E-state index contributed by atoms with van der Waals surface area (Å²) in [5.41, 5.74) is 1.47. The molecule has 27 heavy (non-hydrogen) atoms. The van der Waals surface area contributed by atoms with Crippen molar-refractivity contribution in [3.63, 3.8) is 0 Å². The number of hydrogen-bond donors (Lipinski definition) is 2. The molecule has 1 aromatic rings. The average Bonchev–Trinajstić information content (AvgIpc) is 2.56. The summed E-state index contributed by atoms with van der Waals surface area (Å²) in [6.45, 7) is 3.58. The van der Waals surface area contributed by atoms with E-state index < -0.39 is 12.1 Å². The maximum atomic E-state index is 11.6. The molecule has 0 radical (unpaired) electrons. The van der Waals surface area contributed by atoms with Crippen molar-refractivity contribution in [1.29, 1.82) is 0 Å². The van der Waals surface area contributed by atoms with E-state index in [1.165, 1.54) is 4.90 Å². The van der Waals surface area contributed by atoms with Gasteiger partial charge in [-0.25, -0.2) is 4.79 Å². The highest BCUT2D eigenvalue weighted by molar-refractivity contribution is 6.04. The van der Waals surface area contributed by atoms with Crippen molar-refractivity contribution >= 4 is 23.5 Å². The Morgan fingerprint density at radius 2 is 1.63 bits per heavy atom. The molecule has 6 nitrogen and oxygen atoms in total. The first-order chi connectivity index (χ1) is 12.5. The maximum absolute atomic E-state index is 11.6. The zero-order valence-electron chi connectivity index (χ0n) is 14.8. The number of anilines is 1. The van der Waals surface area contributed by atoms with Crippen LogP contribution in [0.15, 0.2) is 24.3 Å². The fourth-order valence-electron chi connectivity index (χ4n) is 1.58. The number of carbonyl (C=O) groups excluding carboxylic acids is 2. The predicted molar refractivity (Wildman–Crippen MR) is 92.1 cm³/mol. The zero-order valence-corrected chi connectivity index (χ0v) is 14.8. The molecule has 0 atom stereocenters. The minimum absolute atomic E-state index is 0.262. The van der Waals surface area contributed by atoms with Gasteiger partial charge < -0.3 is 15.3 Å². The summed E-state index contributed by atoms with van der Waals surface area (Å²) < 4.78 is 31.7. The summed E-state index contributed by atoms with van der Waals surface area (Å²) >= 11 is 0. The van der Waals surface area contributed by atoms with Crippen LogP contribution in [0.5, 0.6) is 0 Å². The van der Waals surface area contributed by atoms with Gasteiger partial charge in [-0.05, 0) is 37.3 Å². The Labute approximate surface area is 154 Å². The number of rotatable bonds is 3. The number of carbonyl (C=O) groups is 3. The molecule has 0 aliphatic rings. The van der Waals surface area contributed by atoms with Gasteiger partial charge in [-0.15, -0.1) is 0 Å². The van der Waals surface area contributed by atoms with Gasteiger partial charge in [0, 0.05) is 19.3 Å². The number of amides is 2. The second kappa shape index (κ2) is 11.2. The van der Waals surface area contributed by atoms with Gasteiger partial charge in [0.1, 0.15) is 0 Å². The Morgan fingerprint density at radius 1 is 1.11 bits per heavy atom. The van der Waals surface area contributed by atoms with Gasteiger partial charge in [-0.1, -0.05) is 30.0 Å². The van der Waals surface area contributed by atoms with Crippen LogP contribution in [0.1, 0.15) is 19.4 Å². The van der Waals surface area contributed by atoms with Crippen LogP contribution < -0.4 is 5.32 Å². The van der Waals surface area contributed by atoms with E-state index in [0.717, 1.165) is 5.56 Å². The van der Waals surface area contributed by atoms with Gasteiger partial charge in [0.25, 0.3) is 11.8 Å². The highest BCUT2D eigenvalue weighted by Gasteiger charge is 2.38. The molecular formula is C18H17F3N2O4. The first-order valence-electron chi connectivity index (χ1n) is 7.32. The van der Waals surface area contributed by atoms with Crippen LogP contribution in [0, 0.1) is 23.7 Å². The number of benzene rings is 1. The van der Waals surface area contributed by atoms with Crippen LogP contribution >= 0.6 is 0 Å². The lowest BCUT2D eigenvalue weighted by atomic mass is 10.1. The highest BCUT2D eigenvalue weighted by Crippen LogP contribution is 2.16. The molecule has 1 aromatic carbocycles. The monoisotopic (exact) mass is 382 g/mol. The fraction of sp³-hybridized carbons (Fsp3) is 0.278. The molecule has 144 valence electrons. The Balaban J connectivity index is 0.000000821. The third-order valence-corrected chi connectivity index (χ3v) is 2.73. The average molecular weight is 382 g/mol. The van der Waals surface area contributed by atoms with Gasteiger partial charge >= 0.3 is 12.1 Å². The van der Waals surface area contributed by atoms with Crippen molar-refractivity contribution in [2.75, 3.05) is 12.4 Å². The zero-order chi connectivity index (χ0) is 21.0. The van der Waals surface area contributed by atoms with Gasteiger partial charge in [0.15, 0.2) is 0 Å². The summed E-state index contributed by atoms with van der Waals surface area (Å²) in [6, 6.07) is 7.28. The molecule has 9 heteroatoms. The molecule has 0 bridgehead atoms. The Morgan fingerprint density at radius 3 is 2.11 bits per heavy atom. The molecule has 0 heterocycles. The molecule has 0 aliphatic carbocycles. The lowest BCUT2D eigenvalue weighted by Crippen LogP contribution is -2.25. The standard InChI is InChI=1S/C16H16N2O2.C2HF3O2/c1-4-8-15(19)17-14-11-7-6-10-13(14)12-18(3)16(20)9-5-2;3-2(4,5)1(6)7/h6-7,10-11H,12H2,1-3H3,(H,17,19);(H,6,7). The van der Waals surface area contributed by atoms with Gasteiger partial charge in [0.05, 0.1) is 0 Å². The molecule has 0 aromatic heterocycles. The van der Waals surface area contributed by atoms with Crippen LogP contribution in [0.3, 0.4) is 0 Å². The highest BCUT2D eigenvalue weighted by atomic mass is 19.4. The molecular weight excluding hydrogens is 365 g/mol. The summed E-state index contributed by atoms with van der Waals surface area (Å²) in [5, 5.41) is 9.83. The van der Waals surface area contributed by atoms with Crippen molar-refractivity contribution in [3.05, 3.63) is 29.8 Å². The van der Waals surface area contributed by atoms with E-state index in [2.05, 4.69) is 29.0 Å². The lowest BCUT2D eigenvalue weighted by molar-refractivity contribution is -0.192. The summed E-state index contributed by atoms with van der Waals surface area (Å²) in [6.07, 6.45) is -5.08. The van der Waals surface area contributed by atoms with Crippen molar-refractivity contribution < 1.29 is 32.7 Å². The van der Waals surface area contributed by atoms with E-state index in [0.29, 0.717) is 12.2 Å². The lowest BCUT2D eigenvalue weighted by Gasteiger charge is -2.16. The Bertz CT molecular complexity index is 812. The van der Waals surface area contributed by atoms with Gasteiger partial charge in [-0.2, -0.15) is 13.2 Å². The smallest absolute Gasteiger partial charge is 0.475 e. The van der Waals surface area contributed by atoms with Crippen molar-refractivity contribution in [3.8, 4) is 23.7 Å². The first kappa shape index (κ1) is 23.5. The molecule has 0 saturated heterocycles.